The molecule has 1 saturated heterocycles. The van der Waals surface area contributed by atoms with Gasteiger partial charge in [0.15, 0.2) is 11.6 Å². The van der Waals surface area contributed by atoms with Crippen LogP contribution in [0, 0.1) is 11.6 Å². The van der Waals surface area contributed by atoms with Gasteiger partial charge in [-0.15, -0.1) is 0 Å². The molecule has 1 aromatic rings. The maximum atomic E-state index is 14.0. The lowest BCUT2D eigenvalue weighted by atomic mass is 10.0. The van der Waals surface area contributed by atoms with Crippen molar-refractivity contribution in [1.82, 2.24) is 9.80 Å². The molecule has 0 aromatic heterocycles. The van der Waals surface area contributed by atoms with Crippen molar-refractivity contribution < 1.29 is 8.78 Å². The van der Waals surface area contributed by atoms with E-state index in [4.69, 9.17) is 5.73 Å². The first kappa shape index (κ1) is 16.3. The van der Waals surface area contributed by atoms with Gasteiger partial charge in [0, 0.05) is 44.3 Å². The number of rotatable bonds is 5. The number of nitrogens with zero attached hydrogens (tertiary/aromatic N) is 2. The number of piperazine rings is 1. The van der Waals surface area contributed by atoms with E-state index in [1.165, 1.54) is 0 Å². The predicted molar refractivity (Wildman–Crippen MR) is 81.1 cm³/mol. The molecule has 3 nitrogen and oxygen atoms in total. The molecule has 5 heteroatoms. The quantitative estimate of drug-likeness (QED) is 0.906. The smallest absolute Gasteiger partial charge is 0.163 e. The van der Waals surface area contributed by atoms with Crippen molar-refractivity contribution in [2.45, 2.75) is 32.4 Å². The molecule has 0 saturated carbocycles. The fraction of sp³-hybridized carbons (Fsp3) is 0.625. The fourth-order valence-corrected chi connectivity index (χ4v) is 3.00. The van der Waals surface area contributed by atoms with Crippen LogP contribution in [0.5, 0.6) is 0 Å². The summed E-state index contributed by atoms with van der Waals surface area (Å²) < 4.78 is 27.4. The van der Waals surface area contributed by atoms with E-state index >= 15 is 0 Å². The van der Waals surface area contributed by atoms with Crippen molar-refractivity contribution in [3.63, 3.8) is 0 Å². The summed E-state index contributed by atoms with van der Waals surface area (Å²) in [5.74, 6) is -1.57. The minimum atomic E-state index is -0.802. The monoisotopic (exact) mass is 297 g/mol. The van der Waals surface area contributed by atoms with Gasteiger partial charge in [-0.05, 0) is 19.4 Å². The van der Waals surface area contributed by atoms with Gasteiger partial charge in [-0.3, -0.25) is 9.80 Å². The van der Waals surface area contributed by atoms with Crippen LogP contribution in [0.1, 0.15) is 31.9 Å². The summed E-state index contributed by atoms with van der Waals surface area (Å²) in [6, 6.07) is 4.64. The molecule has 1 aliphatic heterocycles. The lowest BCUT2D eigenvalue weighted by Crippen LogP contribution is -2.51. The summed E-state index contributed by atoms with van der Waals surface area (Å²) in [6.07, 6.45) is 1.12. The number of benzene rings is 1. The molecule has 2 N–H and O–H groups in total. The van der Waals surface area contributed by atoms with Gasteiger partial charge >= 0.3 is 0 Å². The highest BCUT2D eigenvalue weighted by Crippen LogP contribution is 2.25. The SMILES string of the molecule is CCC(C)N1CCN(C(CN)c2cccc(F)c2F)CC1. The van der Waals surface area contributed by atoms with Gasteiger partial charge in [0.2, 0.25) is 0 Å². The van der Waals surface area contributed by atoms with Crippen LogP contribution in [0.15, 0.2) is 18.2 Å². The van der Waals surface area contributed by atoms with E-state index in [0.717, 1.165) is 38.7 Å². The average molecular weight is 297 g/mol. The summed E-state index contributed by atoms with van der Waals surface area (Å²) in [7, 11) is 0. The van der Waals surface area contributed by atoms with Crippen molar-refractivity contribution in [2.75, 3.05) is 32.7 Å². The van der Waals surface area contributed by atoms with E-state index in [1.54, 1.807) is 12.1 Å². The number of hydrogen-bond donors (Lipinski definition) is 1. The Morgan fingerprint density at radius 3 is 2.33 bits per heavy atom. The molecular formula is C16H25F2N3. The molecule has 0 radical (unpaired) electrons. The summed E-state index contributed by atoms with van der Waals surface area (Å²) in [5, 5.41) is 0. The average Bonchev–Trinajstić information content (AvgIpc) is 2.52. The Balaban J connectivity index is 2.08. The first-order chi connectivity index (χ1) is 10.1. The molecule has 1 fully saturated rings. The van der Waals surface area contributed by atoms with Gasteiger partial charge < -0.3 is 5.73 Å². The molecule has 1 aliphatic rings. The van der Waals surface area contributed by atoms with Gasteiger partial charge in [-0.1, -0.05) is 19.1 Å². The zero-order valence-electron chi connectivity index (χ0n) is 12.9. The Kier molecular flexibility index (Phi) is 5.67. The highest BCUT2D eigenvalue weighted by atomic mass is 19.2. The van der Waals surface area contributed by atoms with Crippen LogP contribution < -0.4 is 5.73 Å². The van der Waals surface area contributed by atoms with Crippen LogP contribution in [0.2, 0.25) is 0 Å². The Hall–Kier alpha value is -1.04. The predicted octanol–water partition coefficient (Wildman–Crippen LogP) is 2.38. The molecule has 118 valence electrons. The molecule has 1 aromatic carbocycles. The van der Waals surface area contributed by atoms with Crippen LogP contribution in [0.3, 0.4) is 0 Å². The third-order valence-corrected chi connectivity index (χ3v) is 4.57. The summed E-state index contributed by atoms with van der Waals surface area (Å²) in [5.41, 5.74) is 6.20. The maximum absolute atomic E-state index is 14.0. The van der Waals surface area contributed by atoms with E-state index < -0.39 is 11.6 Å². The summed E-state index contributed by atoms with van der Waals surface area (Å²) >= 11 is 0. The van der Waals surface area contributed by atoms with E-state index in [-0.39, 0.29) is 6.04 Å². The van der Waals surface area contributed by atoms with Crippen LogP contribution >= 0.6 is 0 Å². The second kappa shape index (κ2) is 7.29. The van der Waals surface area contributed by atoms with Gasteiger partial charge in [0.25, 0.3) is 0 Å². The number of nitrogens with two attached hydrogens (primary N) is 1. The molecule has 1 heterocycles. The fourth-order valence-electron chi connectivity index (χ4n) is 3.00. The van der Waals surface area contributed by atoms with Crippen LogP contribution in [-0.2, 0) is 0 Å². The molecular weight excluding hydrogens is 272 g/mol. The van der Waals surface area contributed by atoms with Crippen molar-refractivity contribution >= 4 is 0 Å². The molecule has 0 amide bonds. The van der Waals surface area contributed by atoms with Crippen LogP contribution in [-0.4, -0.2) is 48.6 Å². The lowest BCUT2D eigenvalue weighted by molar-refractivity contribution is 0.0731. The molecule has 2 atom stereocenters. The topological polar surface area (TPSA) is 32.5 Å². The summed E-state index contributed by atoms with van der Waals surface area (Å²) in [4.78, 5) is 4.60. The highest BCUT2D eigenvalue weighted by Gasteiger charge is 2.27. The minimum absolute atomic E-state index is 0.250. The van der Waals surface area contributed by atoms with E-state index in [0.29, 0.717) is 18.2 Å². The van der Waals surface area contributed by atoms with Gasteiger partial charge in [-0.25, -0.2) is 8.78 Å². The van der Waals surface area contributed by atoms with E-state index in [2.05, 4.69) is 23.6 Å². The zero-order chi connectivity index (χ0) is 15.4. The normalized spacial score (nSPS) is 20.4. The third kappa shape index (κ3) is 3.59. The van der Waals surface area contributed by atoms with Crippen LogP contribution in [0.4, 0.5) is 8.78 Å². The van der Waals surface area contributed by atoms with Gasteiger partial charge in [0.05, 0.1) is 6.04 Å². The molecule has 0 aliphatic carbocycles. The zero-order valence-corrected chi connectivity index (χ0v) is 12.9. The first-order valence-corrected chi connectivity index (χ1v) is 7.70. The highest BCUT2D eigenvalue weighted by molar-refractivity contribution is 5.23. The van der Waals surface area contributed by atoms with Crippen molar-refractivity contribution in [1.29, 1.82) is 0 Å². The standard InChI is InChI=1S/C16H25F2N3/c1-3-12(2)20-7-9-21(10-8-20)15(11-19)13-5-4-6-14(17)16(13)18/h4-6,12,15H,3,7-11,19H2,1-2H3. The van der Waals surface area contributed by atoms with E-state index in [1.807, 2.05) is 0 Å². The molecule has 0 spiro atoms. The Bertz CT molecular complexity index is 459. The second-order valence-electron chi connectivity index (χ2n) is 5.72. The van der Waals surface area contributed by atoms with Crippen LogP contribution in [0.25, 0.3) is 0 Å². The largest absolute Gasteiger partial charge is 0.329 e. The van der Waals surface area contributed by atoms with Crippen molar-refractivity contribution in [3.05, 3.63) is 35.4 Å². The second-order valence-corrected chi connectivity index (χ2v) is 5.72. The number of halogens is 2. The molecule has 2 unspecified atom stereocenters. The minimum Gasteiger partial charge on any atom is -0.329 e. The van der Waals surface area contributed by atoms with Crippen molar-refractivity contribution in [2.24, 2.45) is 5.73 Å². The Morgan fingerprint density at radius 1 is 1.14 bits per heavy atom. The van der Waals surface area contributed by atoms with E-state index in [9.17, 15) is 8.78 Å². The molecule has 21 heavy (non-hydrogen) atoms. The molecule has 0 bridgehead atoms. The third-order valence-electron chi connectivity index (χ3n) is 4.57. The maximum Gasteiger partial charge on any atom is 0.163 e. The summed E-state index contributed by atoms with van der Waals surface area (Å²) in [6.45, 7) is 8.27. The Labute approximate surface area is 125 Å². The van der Waals surface area contributed by atoms with Gasteiger partial charge in [0.1, 0.15) is 0 Å². The number of hydrogen-bond acceptors (Lipinski definition) is 3. The Morgan fingerprint density at radius 2 is 1.76 bits per heavy atom. The molecule has 2 rings (SSSR count). The lowest BCUT2D eigenvalue weighted by Gasteiger charge is -2.41. The van der Waals surface area contributed by atoms with Gasteiger partial charge in [-0.2, -0.15) is 0 Å². The first-order valence-electron chi connectivity index (χ1n) is 7.70. The van der Waals surface area contributed by atoms with Crippen molar-refractivity contribution in [3.8, 4) is 0 Å².